The van der Waals surface area contributed by atoms with Gasteiger partial charge in [-0.25, -0.2) is 4.98 Å². The van der Waals surface area contributed by atoms with E-state index < -0.39 is 0 Å². The number of pyridine rings is 1. The number of aromatic nitrogens is 1. The second-order valence-electron chi connectivity index (χ2n) is 5.06. The zero-order chi connectivity index (χ0) is 11.2. The molecule has 3 rings (SSSR count). The molecule has 0 atom stereocenters. The Morgan fingerprint density at radius 2 is 1.94 bits per heavy atom. The monoisotopic (exact) mass is 272 g/mol. The quantitative estimate of drug-likeness (QED) is 0.727. The third kappa shape index (κ3) is 1.96. The topological polar surface area (TPSA) is 16.1 Å². The molecule has 1 aromatic rings. The Labute approximate surface area is 114 Å². The summed E-state index contributed by atoms with van der Waals surface area (Å²) in [5, 5.41) is 0.641. The Balaban J connectivity index is 0.00000108. The van der Waals surface area contributed by atoms with Gasteiger partial charge in [0.2, 0.25) is 0 Å². The fourth-order valence-corrected chi connectivity index (χ4v) is 3.49. The van der Waals surface area contributed by atoms with E-state index >= 15 is 0 Å². The molecule has 0 radical (unpaired) electrons. The van der Waals surface area contributed by atoms with Gasteiger partial charge in [-0.05, 0) is 62.9 Å². The highest BCUT2D eigenvalue weighted by molar-refractivity contribution is 6.30. The van der Waals surface area contributed by atoms with E-state index in [0.717, 1.165) is 5.56 Å². The zero-order valence-electron chi connectivity index (χ0n) is 10.1. The summed E-state index contributed by atoms with van der Waals surface area (Å²) in [5.74, 6) is 0. The van der Waals surface area contributed by atoms with Crippen LogP contribution in [0.4, 0.5) is 0 Å². The summed E-state index contributed by atoms with van der Waals surface area (Å²) in [4.78, 5) is 6.95. The summed E-state index contributed by atoms with van der Waals surface area (Å²) >= 11 is 6.00. The number of nitrogens with zero attached hydrogens (tertiary/aromatic N) is 2. The number of fused-ring (bicyclic) bond motifs is 1. The van der Waals surface area contributed by atoms with Crippen LogP contribution < -0.4 is 0 Å². The van der Waals surface area contributed by atoms with Gasteiger partial charge in [-0.1, -0.05) is 11.6 Å². The summed E-state index contributed by atoms with van der Waals surface area (Å²) in [6, 6.07) is 2.24. The third-order valence-electron chi connectivity index (χ3n) is 4.19. The lowest BCUT2D eigenvalue weighted by molar-refractivity contribution is 0.197. The fourth-order valence-electron chi connectivity index (χ4n) is 3.39. The highest BCUT2D eigenvalue weighted by Gasteiger charge is 2.45. The van der Waals surface area contributed by atoms with Gasteiger partial charge in [-0.15, -0.1) is 12.4 Å². The van der Waals surface area contributed by atoms with E-state index in [1.54, 1.807) is 0 Å². The van der Waals surface area contributed by atoms with Crippen molar-refractivity contribution in [2.24, 2.45) is 0 Å². The molecular formula is C13H18Cl2N2. The molecular weight excluding hydrogens is 255 g/mol. The van der Waals surface area contributed by atoms with Crippen molar-refractivity contribution in [3.05, 3.63) is 28.5 Å². The molecule has 0 aromatic carbocycles. The van der Waals surface area contributed by atoms with Crippen LogP contribution in [0.5, 0.6) is 0 Å². The van der Waals surface area contributed by atoms with Crippen molar-refractivity contribution < 1.29 is 0 Å². The minimum atomic E-state index is 0. The van der Waals surface area contributed by atoms with Crippen LogP contribution >= 0.6 is 24.0 Å². The lowest BCUT2D eigenvalue weighted by atomic mass is 9.86. The fraction of sp³-hybridized carbons (Fsp3) is 0.615. The maximum atomic E-state index is 6.00. The molecule has 0 aliphatic carbocycles. The summed E-state index contributed by atoms with van der Waals surface area (Å²) in [6.45, 7) is 4.55. The van der Waals surface area contributed by atoms with Gasteiger partial charge in [0.25, 0.3) is 0 Å². The normalized spacial score (nSPS) is 22.2. The molecule has 17 heavy (non-hydrogen) atoms. The van der Waals surface area contributed by atoms with Gasteiger partial charge >= 0.3 is 0 Å². The first-order chi connectivity index (χ1) is 7.72. The zero-order valence-corrected chi connectivity index (χ0v) is 11.7. The summed E-state index contributed by atoms with van der Waals surface area (Å²) in [6.07, 6.45) is 7.20. The Hall–Kier alpha value is -0.310. The SMILES string of the molecule is Cc1cc(C23CCCN2CCC3)cnc1Cl.Cl. The molecule has 2 nitrogen and oxygen atoms in total. The average Bonchev–Trinajstić information content (AvgIpc) is 2.81. The third-order valence-corrected chi connectivity index (χ3v) is 4.59. The van der Waals surface area contributed by atoms with Crippen molar-refractivity contribution in [3.63, 3.8) is 0 Å². The van der Waals surface area contributed by atoms with Crippen LogP contribution in [0.1, 0.15) is 36.8 Å². The molecule has 0 N–H and O–H groups in total. The van der Waals surface area contributed by atoms with E-state index in [4.69, 9.17) is 11.6 Å². The predicted octanol–water partition coefficient (Wildman–Crippen LogP) is 3.55. The highest BCUT2D eigenvalue weighted by Crippen LogP contribution is 2.46. The number of halogens is 2. The van der Waals surface area contributed by atoms with Crippen LogP contribution in [-0.4, -0.2) is 23.0 Å². The summed E-state index contributed by atoms with van der Waals surface area (Å²) < 4.78 is 0. The molecule has 0 bridgehead atoms. The second kappa shape index (κ2) is 4.75. The molecule has 2 fully saturated rings. The first-order valence-electron chi connectivity index (χ1n) is 6.10. The van der Waals surface area contributed by atoms with Crippen molar-refractivity contribution in [1.29, 1.82) is 0 Å². The number of hydrogen-bond donors (Lipinski definition) is 0. The van der Waals surface area contributed by atoms with Crippen LogP contribution in [0.2, 0.25) is 5.15 Å². The van der Waals surface area contributed by atoms with E-state index in [0.29, 0.717) is 10.7 Å². The van der Waals surface area contributed by atoms with Crippen molar-refractivity contribution in [1.82, 2.24) is 9.88 Å². The molecule has 0 spiro atoms. The van der Waals surface area contributed by atoms with Crippen molar-refractivity contribution in [3.8, 4) is 0 Å². The van der Waals surface area contributed by atoms with E-state index in [1.807, 2.05) is 13.1 Å². The highest BCUT2D eigenvalue weighted by atomic mass is 35.5. The number of rotatable bonds is 1. The second-order valence-corrected chi connectivity index (χ2v) is 5.42. The Bertz CT molecular complexity index is 410. The molecule has 0 saturated carbocycles. The Morgan fingerprint density at radius 3 is 2.53 bits per heavy atom. The van der Waals surface area contributed by atoms with Gasteiger partial charge < -0.3 is 0 Å². The van der Waals surface area contributed by atoms with Gasteiger partial charge in [0.1, 0.15) is 5.15 Å². The van der Waals surface area contributed by atoms with Crippen LogP contribution in [0.25, 0.3) is 0 Å². The first kappa shape index (κ1) is 13.1. The molecule has 1 aromatic heterocycles. The van der Waals surface area contributed by atoms with Crippen molar-refractivity contribution in [2.45, 2.75) is 38.1 Å². The van der Waals surface area contributed by atoms with Crippen LogP contribution in [-0.2, 0) is 5.54 Å². The molecule has 0 amide bonds. The summed E-state index contributed by atoms with van der Waals surface area (Å²) in [7, 11) is 0. The largest absolute Gasteiger partial charge is 0.294 e. The van der Waals surface area contributed by atoms with Gasteiger partial charge in [0, 0.05) is 11.7 Å². The van der Waals surface area contributed by atoms with E-state index in [2.05, 4.69) is 16.0 Å². The molecule has 94 valence electrons. The molecule has 3 heterocycles. The Kier molecular flexibility index (Phi) is 3.67. The van der Waals surface area contributed by atoms with Crippen molar-refractivity contribution in [2.75, 3.05) is 13.1 Å². The van der Waals surface area contributed by atoms with Gasteiger partial charge in [0.05, 0.1) is 0 Å². The first-order valence-corrected chi connectivity index (χ1v) is 6.48. The minimum absolute atomic E-state index is 0. The average molecular weight is 273 g/mol. The molecule has 4 heteroatoms. The van der Waals surface area contributed by atoms with Gasteiger partial charge in [0.15, 0.2) is 0 Å². The Morgan fingerprint density at radius 1 is 1.29 bits per heavy atom. The number of hydrogen-bond acceptors (Lipinski definition) is 2. The standard InChI is InChI=1S/C13H17ClN2.ClH/c1-10-8-11(9-15-12(10)14)13-4-2-6-16(13)7-3-5-13;/h8-9H,2-7H2,1H3;1H. The maximum absolute atomic E-state index is 6.00. The lowest BCUT2D eigenvalue weighted by Gasteiger charge is -2.32. The predicted molar refractivity (Wildman–Crippen MR) is 73.0 cm³/mol. The van der Waals surface area contributed by atoms with Crippen molar-refractivity contribution >= 4 is 24.0 Å². The molecule has 2 saturated heterocycles. The van der Waals surface area contributed by atoms with E-state index in [9.17, 15) is 0 Å². The molecule has 0 unspecified atom stereocenters. The van der Waals surface area contributed by atoms with Crippen LogP contribution in [0.15, 0.2) is 12.3 Å². The minimum Gasteiger partial charge on any atom is -0.294 e. The van der Waals surface area contributed by atoms with Crippen LogP contribution in [0.3, 0.4) is 0 Å². The molecule has 2 aliphatic heterocycles. The van der Waals surface area contributed by atoms with E-state index in [1.165, 1.54) is 44.3 Å². The summed E-state index contributed by atoms with van der Waals surface area (Å²) in [5.41, 5.74) is 2.78. The smallest absolute Gasteiger partial charge is 0.131 e. The lowest BCUT2D eigenvalue weighted by Crippen LogP contribution is -2.35. The van der Waals surface area contributed by atoms with Gasteiger partial charge in [-0.3, -0.25) is 4.90 Å². The van der Waals surface area contributed by atoms with E-state index in [-0.39, 0.29) is 12.4 Å². The van der Waals surface area contributed by atoms with Crippen LogP contribution in [0, 0.1) is 6.92 Å². The molecule has 2 aliphatic rings. The van der Waals surface area contributed by atoms with Gasteiger partial charge in [-0.2, -0.15) is 0 Å². The number of aryl methyl sites for hydroxylation is 1. The maximum Gasteiger partial charge on any atom is 0.131 e.